The molecular formula is C29H27F2N5O. The Balaban J connectivity index is 1.54. The molecule has 3 saturated heterocycles. The lowest BCUT2D eigenvalue weighted by atomic mass is 9.92. The van der Waals surface area contributed by atoms with Gasteiger partial charge in [0.1, 0.15) is 22.8 Å². The van der Waals surface area contributed by atoms with Crippen molar-refractivity contribution in [1.82, 2.24) is 20.1 Å². The van der Waals surface area contributed by atoms with Crippen LogP contribution in [0.2, 0.25) is 0 Å². The van der Waals surface area contributed by atoms with Crippen molar-refractivity contribution in [2.75, 3.05) is 18.0 Å². The molecule has 8 heteroatoms. The van der Waals surface area contributed by atoms with Gasteiger partial charge in [0.25, 0.3) is 0 Å². The van der Waals surface area contributed by atoms with Gasteiger partial charge in [-0.05, 0) is 55.7 Å². The van der Waals surface area contributed by atoms with Gasteiger partial charge in [0.2, 0.25) is 0 Å². The normalized spacial score (nSPS) is 21.2. The van der Waals surface area contributed by atoms with E-state index in [2.05, 4.69) is 16.1 Å². The molecule has 1 saturated carbocycles. The minimum absolute atomic E-state index is 0.0278. The molecule has 1 aliphatic carbocycles. The van der Waals surface area contributed by atoms with Gasteiger partial charge in [-0.2, -0.15) is 5.10 Å². The van der Waals surface area contributed by atoms with Gasteiger partial charge in [-0.25, -0.2) is 13.8 Å². The highest BCUT2D eigenvalue weighted by Crippen LogP contribution is 2.45. The minimum Gasteiger partial charge on any atom is -0.508 e. The number of piperidine rings is 2. The van der Waals surface area contributed by atoms with E-state index < -0.39 is 11.6 Å². The number of hydrogen-bond acceptors (Lipinski definition) is 5. The van der Waals surface area contributed by atoms with E-state index in [4.69, 9.17) is 16.5 Å². The van der Waals surface area contributed by atoms with Gasteiger partial charge in [-0.3, -0.25) is 4.68 Å². The molecule has 2 aromatic carbocycles. The Labute approximate surface area is 213 Å². The second kappa shape index (κ2) is 8.15. The summed E-state index contributed by atoms with van der Waals surface area (Å²) in [4.78, 5) is 7.16. The molecule has 6 nitrogen and oxygen atoms in total. The van der Waals surface area contributed by atoms with Crippen LogP contribution in [0.4, 0.5) is 14.6 Å². The molecule has 2 bridgehead atoms. The second-order valence-electron chi connectivity index (χ2n) is 10.4. The number of phenolic OH excluding ortho intramolecular Hbond substituents is 1. The van der Waals surface area contributed by atoms with Crippen molar-refractivity contribution in [3.05, 3.63) is 47.2 Å². The van der Waals surface area contributed by atoms with Crippen LogP contribution in [-0.2, 0) is 6.42 Å². The maximum Gasteiger partial charge on any atom is 0.175 e. The van der Waals surface area contributed by atoms with Crippen LogP contribution in [0, 0.1) is 24.0 Å². The van der Waals surface area contributed by atoms with Crippen LogP contribution in [0.25, 0.3) is 32.9 Å². The van der Waals surface area contributed by atoms with E-state index in [0.717, 1.165) is 55.7 Å². The Bertz CT molecular complexity index is 1630. The van der Waals surface area contributed by atoms with E-state index in [9.17, 15) is 9.50 Å². The molecule has 0 unspecified atom stereocenters. The Kier molecular flexibility index (Phi) is 4.96. The fourth-order valence-electron chi connectivity index (χ4n) is 6.19. The largest absolute Gasteiger partial charge is 0.508 e. The van der Waals surface area contributed by atoms with Gasteiger partial charge in [0.05, 0.1) is 22.7 Å². The van der Waals surface area contributed by atoms with Crippen molar-refractivity contribution in [2.45, 2.75) is 57.2 Å². The van der Waals surface area contributed by atoms with Crippen molar-refractivity contribution in [2.24, 2.45) is 0 Å². The molecule has 0 amide bonds. The fourth-order valence-corrected chi connectivity index (χ4v) is 6.19. The zero-order valence-corrected chi connectivity index (χ0v) is 20.6. The number of aryl methyl sites for hydroxylation is 1. The summed E-state index contributed by atoms with van der Waals surface area (Å²) in [6.45, 7) is 3.74. The average molecular weight is 500 g/mol. The molecule has 37 heavy (non-hydrogen) atoms. The van der Waals surface area contributed by atoms with Gasteiger partial charge >= 0.3 is 0 Å². The van der Waals surface area contributed by atoms with Crippen LogP contribution in [0.3, 0.4) is 0 Å². The number of fused-ring (bicyclic) bond motifs is 5. The zero-order chi connectivity index (χ0) is 25.4. The molecule has 4 fully saturated rings. The molecule has 8 rings (SSSR count). The molecule has 2 N–H and O–H groups in total. The van der Waals surface area contributed by atoms with Crippen LogP contribution in [0.5, 0.6) is 5.75 Å². The number of rotatable bonds is 4. The third-order valence-corrected chi connectivity index (χ3v) is 8.14. The first-order valence-electron chi connectivity index (χ1n) is 13.0. The first-order chi connectivity index (χ1) is 18.0. The maximum atomic E-state index is 16.7. The van der Waals surface area contributed by atoms with E-state index >= 15 is 4.39 Å². The highest BCUT2D eigenvalue weighted by molar-refractivity contribution is 6.03. The predicted octanol–water partition coefficient (Wildman–Crippen LogP) is 5.05. The number of nitrogens with one attached hydrogen (secondary N) is 1. The Morgan fingerprint density at radius 2 is 1.95 bits per heavy atom. The first kappa shape index (κ1) is 22.5. The molecule has 0 radical (unpaired) electrons. The molecule has 4 aromatic rings. The lowest BCUT2D eigenvalue weighted by Gasteiger charge is -2.46. The second-order valence-corrected chi connectivity index (χ2v) is 10.4. The first-order valence-corrected chi connectivity index (χ1v) is 13.0. The van der Waals surface area contributed by atoms with Crippen LogP contribution < -0.4 is 10.2 Å². The summed E-state index contributed by atoms with van der Waals surface area (Å²) in [5, 5.41) is 20.7. The van der Waals surface area contributed by atoms with E-state index in [1.165, 1.54) is 24.3 Å². The number of piperazine rings is 1. The fraction of sp³-hybridized carbons (Fsp3) is 0.379. The van der Waals surface area contributed by atoms with Crippen molar-refractivity contribution in [3.8, 4) is 29.4 Å². The number of benzene rings is 2. The van der Waals surface area contributed by atoms with E-state index in [-0.39, 0.29) is 28.6 Å². The predicted molar refractivity (Wildman–Crippen MR) is 140 cm³/mol. The quantitative estimate of drug-likeness (QED) is 0.385. The highest BCUT2D eigenvalue weighted by atomic mass is 19.1. The molecule has 3 aliphatic heterocycles. The number of terminal acetylenes is 1. The van der Waals surface area contributed by atoms with Gasteiger partial charge in [-0.1, -0.05) is 18.9 Å². The summed E-state index contributed by atoms with van der Waals surface area (Å²) in [5.74, 6) is 2.07. The van der Waals surface area contributed by atoms with Crippen LogP contribution >= 0.6 is 0 Å². The number of nitrogens with zero attached hydrogens (tertiary/aromatic N) is 4. The Hall–Kier alpha value is -3.70. The smallest absolute Gasteiger partial charge is 0.175 e. The van der Waals surface area contributed by atoms with Crippen LogP contribution in [-0.4, -0.2) is 45.0 Å². The summed E-state index contributed by atoms with van der Waals surface area (Å²) < 4.78 is 33.3. The Morgan fingerprint density at radius 3 is 2.59 bits per heavy atom. The lowest BCUT2D eigenvalue weighted by Crippen LogP contribution is -2.61. The molecule has 2 atom stereocenters. The summed E-state index contributed by atoms with van der Waals surface area (Å²) in [7, 11) is 0. The highest BCUT2D eigenvalue weighted by Gasteiger charge is 2.39. The summed E-state index contributed by atoms with van der Waals surface area (Å²) >= 11 is 0. The number of hydrogen-bond donors (Lipinski definition) is 2. The van der Waals surface area contributed by atoms with Gasteiger partial charge in [0.15, 0.2) is 11.6 Å². The summed E-state index contributed by atoms with van der Waals surface area (Å²) in [6, 6.07) is 6.60. The van der Waals surface area contributed by atoms with Crippen molar-refractivity contribution in [1.29, 1.82) is 0 Å². The maximum absolute atomic E-state index is 16.7. The molecule has 5 heterocycles. The molecule has 4 aliphatic rings. The summed E-state index contributed by atoms with van der Waals surface area (Å²) in [6.07, 6.45) is 10.4. The standard InChI is InChI=1S/C29H27F2N5O/c1-3-20-22(30)10-5-15-11-19(37)12-21(24(15)20)27-26(31)28-25(23(4-2)33-27)29(34-36(28)17-8-9-17)35-14-16-6-7-18(35)13-32-16/h1,5,10-12,16-18,32,37H,4,6-9,13-14H2,2H3/t16-,18+/m1/s1. The lowest BCUT2D eigenvalue weighted by molar-refractivity contribution is 0.288. The SMILES string of the molecule is C#Cc1c(F)ccc2cc(O)cc(-c3nc(CC)c4c(N5C[C@H]6CC[C@H]5CN6)nn(C5CC5)c4c3F)c12. The number of halogens is 2. The van der Waals surface area contributed by atoms with Crippen LogP contribution in [0.1, 0.15) is 49.9 Å². The van der Waals surface area contributed by atoms with Crippen LogP contribution in [0.15, 0.2) is 24.3 Å². The number of phenols is 1. The van der Waals surface area contributed by atoms with E-state index in [1.807, 2.05) is 11.6 Å². The molecule has 0 spiro atoms. The minimum atomic E-state index is -0.571. The monoisotopic (exact) mass is 499 g/mol. The number of pyridine rings is 1. The van der Waals surface area contributed by atoms with Crippen molar-refractivity contribution >= 4 is 27.5 Å². The van der Waals surface area contributed by atoms with Gasteiger partial charge in [-0.15, -0.1) is 6.42 Å². The van der Waals surface area contributed by atoms with Gasteiger partial charge < -0.3 is 15.3 Å². The number of aromatic hydroxyl groups is 1. The third kappa shape index (κ3) is 3.33. The summed E-state index contributed by atoms with van der Waals surface area (Å²) in [5.41, 5.74) is 1.53. The third-order valence-electron chi connectivity index (χ3n) is 8.14. The van der Waals surface area contributed by atoms with Crippen molar-refractivity contribution < 1.29 is 13.9 Å². The molecule has 2 aromatic heterocycles. The topological polar surface area (TPSA) is 66.2 Å². The zero-order valence-electron chi connectivity index (χ0n) is 20.6. The number of aromatic nitrogens is 3. The van der Waals surface area contributed by atoms with E-state index in [0.29, 0.717) is 34.8 Å². The van der Waals surface area contributed by atoms with Crippen molar-refractivity contribution in [3.63, 3.8) is 0 Å². The molecule has 188 valence electrons. The van der Waals surface area contributed by atoms with Gasteiger partial charge in [0, 0.05) is 36.1 Å². The molecular weight excluding hydrogens is 472 g/mol. The van der Waals surface area contributed by atoms with E-state index in [1.54, 1.807) is 0 Å². The number of anilines is 1. The average Bonchev–Trinajstić information content (AvgIpc) is 3.69. The Morgan fingerprint density at radius 1 is 1.14 bits per heavy atom.